The number of likely N-dealkylation sites (tertiary alicyclic amines) is 1. The fourth-order valence-corrected chi connectivity index (χ4v) is 5.76. The summed E-state index contributed by atoms with van der Waals surface area (Å²) in [6.07, 6.45) is 3.43. The number of methoxy groups -OCH3 is 1. The minimum absolute atomic E-state index is 0.0255. The first-order valence-corrected chi connectivity index (χ1v) is 14.2. The van der Waals surface area contributed by atoms with E-state index in [2.05, 4.69) is 30.8 Å². The van der Waals surface area contributed by atoms with Crippen LogP contribution in [-0.4, -0.2) is 59.4 Å². The number of hydrogen-bond donors (Lipinski definition) is 1. The second kappa shape index (κ2) is 11.0. The summed E-state index contributed by atoms with van der Waals surface area (Å²) >= 11 is 0. The largest absolute Gasteiger partial charge is 0.497 e. The standard InChI is InChI=1S/C28H32N6O4S/c1-19-7-5-8-20(2)27(19)25-14-26(31-28(30-25)32-39(35,36)24-15-29-33(3)18-24)38-23-11-12-34(17-23)16-21-9-6-10-22(13-21)37-4/h5-10,13-15,18,23H,11-12,16-17H2,1-4H3,(H,30,31,32). The molecule has 0 radical (unpaired) electrons. The Morgan fingerprint density at radius 1 is 1.08 bits per heavy atom. The fraction of sp³-hybridized carbons (Fsp3) is 0.321. The molecule has 11 heteroatoms. The zero-order chi connectivity index (χ0) is 27.6. The van der Waals surface area contributed by atoms with Crippen molar-refractivity contribution >= 4 is 16.0 Å². The quantitative estimate of drug-likeness (QED) is 0.335. The van der Waals surface area contributed by atoms with Crippen LogP contribution >= 0.6 is 0 Å². The number of ether oxygens (including phenoxy) is 2. The highest BCUT2D eigenvalue weighted by Crippen LogP contribution is 2.30. The van der Waals surface area contributed by atoms with Gasteiger partial charge >= 0.3 is 0 Å². The molecule has 1 atom stereocenters. The lowest BCUT2D eigenvalue weighted by molar-refractivity contribution is 0.191. The first kappa shape index (κ1) is 26.6. The van der Waals surface area contributed by atoms with Gasteiger partial charge in [0.1, 0.15) is 16.7 Å². The molecule has 1 fully saturated rings. The highest BCUT2D eigenvalue weighted by molar-refractivity contribution is 7.92. The maximum Gasteiger partial charge on any atom is 0.267 e. The molecule has 39 heavy (non-hydrogen) atoms. The summed E-state index contributed by atoms with van der Waals surface area (Å²) in [5, 5.41) is 3.97. The van der Waals surface area contributed by atoms with Gasteiger partial charge in [-0.3, -0.25) is 9.58 Å². The van der Waals surface area contributed by atoms with Crippen molar-refractivity contribution in [2.45, 2.75) is 37.8 Å². The number of rotatable bonds is 9. The first-order valence-electron chi connectivity index (χ1n) is 12.7. The van der Waals surface area contributed by atoms with Crippen LogP contribution < -0.4 is 14.2 Å². The highest BCUT2D eigenvalue weighted by atomic mass is 32.2. The molecule has 204 valence electrons. The molecule has 0 spiro atoms. The van der Waals surface area contributed by atoms with E-state index in [0.717, 1.165) is 48.5 Å². The lowest BCUT2D eigenvalue weighted by atomic mass is 10.00. The van der Waals surface area contributed by atoms with E-state index in [9.17, 15) is 8.42 Å². The summed E-state index contributed by atoms with van der Waals surface area (Å²) < 4.78 is 41.6. The Labute approximate surface area is 228 Å². The number of sulfonamides is 1. The van der Waals surface area contributed by atoms with Gasteiger partial charge in [0, 0.05) is 44.5 Å². The maximum atomic E-state index is 13.0. The molecule has 0 bridgehead atoms. The van der Waals surface area contributed by atoms with Gasteiger partial charge in [0.15, 0.2) is 0 Å². The Balaban J connectivity index is 1.40. The van der Waals surface area contributed by atoms with Crippen molar-refractivity contribution in [2.75, 3.05) is 24.9 Å². The smallest absolute Gasteiger partial charge is 0.267 e. The van der Waals surface area contributed by atoms with Crippen LogP contribution in [-0.2, 0) is 23.6 Å². The van der Waals surface area contributed by atoms with Gasteiger partial charge in [0.05, 0.1) is 19.0 Å². The number of anilines is 1. The molecule has 5 rings (SSSR count). The number of aryl methyl sites for hydroxylation is 3. The normalized spacial score (nSPS) is 15.8. The molecule has 2 aromatic carbocycles. The maximum absolute atomic E-state index is 13.0. The monoisotopic (exact) mass is 548 g/mol. The Kier molecular flexibility index (Phi) is 7.53. The predicted molar refractivity (Wildman–Crippen MR) is 148 cm³/mol. The summed E-state index contributed by atoms with van der Waals surface area (Å²) in [6.45, 7) is 6.37. The zero-order valence-electron chi connectivity index (χ0n) is 22.5. The van der Waals surface area contributed by atoms with Gasteiger partial charge in [-0.15, -0.1) is 0 Å². The molecule has 4 aromatic rings. The fourth-order valence-electron chi connectivity index (χ4n) is 4.83. The van der Waals surface area contributed by atoms with Crippen molar-refractivity contribution in [3.05, 3.63) is 77.6 Å². The molecule has 0 aliphatic carbocycles. The van der Waals surface area contributed by atoms with Crippen LogP contribution in [0, 0.1) is 13.8 Å². The highest BCUT2D eigenvalue weighted by Gasteiger charge is 2.26. The average molecular weight is 549 g/mol. The van der Waals surface area contributed by atoms with Crippen molar-refractivity contribution < 1.29 is 17.9 Å². The molecule has 0 amide bonds. The Morgan fingerprint density at radius 3 is 2.56 bits per heavy atom. The second-order valence-corrected chi connectivity index (χ2v) is 11.4. The Morgan fingerprint density at radius 2 is 1.85 bits per heavy atom. The molecule has 10 nitrogen and oxygen atoms in total. The molecule has 1 saturated heterocycles. The second-order valence-electron chi connectivity index (χ2n) is 9.75. The van der Waals surface area contributed by atoms with Crippen LogP contribution in [0.1, 0.15) is 23.1 Å². The molecule has 3 heterocycles. The molecule has 1 aliphatic rings. The first-order chi connectivity index (χ1) is 18.7. The molecular weight excluding hydrogens is 516 g/mol. The van der Waals surface area contributed by atoms with E-state index in [1.165, 1.54) is 22.6 Å². The van der Waals surface area contributed by atoms with Gasteiger partial charge in [0.2, 0.25) is 11.8 Å². The van der Waals surface area contributed by atoms with Crippen LogP contribution in [0.5, 0.6) is 11.6 Å². The number of aromatic nitrogens is 4. The van der Waals surface area contributed by atoms with E-state index in [-0.39, 0.29) is 16.9 Å². The van der Waals surface area contributed by atoms with Crippen LogP contribution in [0.15, 0.2) is 65.8 Å². The van der Waals surface area contributed by atoms with Gasteiger partial charge in [-0.25, -0.2) is 18.1 Å². The van der Waals surface area contributed by atoms with E-state index < -0.39 is 10.0 Å². The van der Waals surface area contributed by atoms with E-state index in [1.807, 2.05) is 50.2 Å². The van der Waals surface area contributed by atoms with Crippen molar-refractivity contribution in [3.63, 3.8) is 0 Å². The summed E-state index contributed by atoms with van der Waals surface area (Å²) in [6, 6.07) is 15.8. The van der Waals surface area contributed by atoms with Gasteiger partial charge < -0.3 is 9.47 Å². The molecule has 1 unspecified atom stereocenters. The van der Waals surface area contributed by atoms with Crippen molar-refractivity contribution in [1.29, 1.82) is 0 Å². The van der Waals surface area contributed by atoms with Crippen LogP contribution in [0.25, 0.3) is 11.3 Å². The Hall–Kier alpha value is -3.96. The number of nitrogens with zero attached hydrogens (tertiary/aromatic N) is 5. The van der Waals surface area contributed by atoms with Crippen LogP contribution in [0.2, 0.25) is 0 Å². The summed E-state index contributed by atoms with van der Waals surface area (Å²) in [4.78, 5) is 11.4. The molecule has 0 saturated carbocycles. The molecule has 1 N–H and O–H groups in total. The number of nitrogens with one attached hydrogen (secondary N) is 1. The predicted octanol–water partition coefficient (Wildman–Crippen LogP) is 3.96. The summed E-state index contributed by atoms with van der Waals surface area (Å²) in [5.74, 6) is 1.10. The Bertz CT molecular complexity index is 1570. The minimum Gasteiger partial charge on any atom is -0.497 e. The average Bonchev–Trinajstić information content (AvgIpc) is 3.53. The molecule has 2 aromatic heterocycles. The third kappa shape index (κ3) is 6.21. The summed E-state index contributed by atoms with van der Waals surface area (Å²) in [7, 11) is -0.617. The van der Waals surface area contributed by atoms with Gasteiger partial charge in [-0.05, 0) is 49.1 Å². The lowest BCUT2D eigenvalue weighted by Gasteiger charge is -2.18. The SMILES string of the molecule is COc1cccc(CN2CCC(Oc3cc(-c4c(C)cccc4C)nc(NS(=O)(=O)c4cnn(C)c4)n3)C2)c1. The van der Waals surface area contributed by atoms with Gasteiger partial charge in [-0.1, -0.05) is 30.3 Å². The minimum atomic E-state index is -3.94. The van der Waals surface area contributed by atoms with E-state index in [1.54, 1.807) is 20.2 Å². The summed E-state index contributed by atoms with van der Waals surface area (Å²) in [5.41, 5.74) is 4.71. The number of benzene rings is 2. The van der Waals surface area contributed by atoms with Crippen LogP contribution in [0.4, 0.5) is 5.95 Å². The third-order valence-corrected chi connectivity index (χ3v) is 8.00. The van der Waals surface area contributed by atoms with Crippen molar-refractivity contribution in [1.82, 2.24) is 24.6 Å². The molecular formula is C28H32N6O4S. The molecule has 1 aliphatic heterocycles. The lowest BCUT2D eigenvalue weighted by Crippen LogP contribution is -2.25. The van der Waals surface area contributed by atoms with Gasteiger partial charge in [0.25, 0.3) is 10.0 Å². The van der Waals surface area contributed by atoms with E-state index in [4.69, 9.17) is 9.47 Å². The van der Waals surface area contributed by atoms with Gasteiger partial charge in [-0.2, -0.15) is 10.1 Å². The van der Waals surface area contributed by atoms with Crippen LogP contribution in [0.3, 0.4) is 0 Å². The third-order valence-electron chi connectivity index (χ3n) is 6.71. The van der Waals surface area contributed by atoms with E-state index >= 15 is 0 Å². The number of hydrogen-bond acceptors (Lipinski definition) is 8. The van der Waals surface area contributed by atoms with E-state index in [0.29, 0.717) is 11.6 Å². The van der Waals surface area contributed by atoms with Crippen molar-refractivity contribution in [2.24, 2.45) is 7.05 Å². The zero-order valence-corrected chi connectivity index (χ0v) is 23.3. The topological polar surface area (TPSA) is 111 Å². The van der Waals surface area contributed by atoms with Crippen molar-refractivity contribution in [3.8, 4) is 22.9 Å².